The van der Waals surface area contributed by atoms with E-state index in [2.05, 4.69) is 12.0 Å². The second kappa shape index (κ2) is 5.86. The van der Waals surface area contributed by atoms with Gasteiger partial charge < -0.3 is 10.0 Å². The molecule has 1 aromatic heterocycles. The maximum absolute atomic E-state index is 12.2. The van der Waals surface area contributed by atoms with Gasteiger partial charge in [-0.3, -0.25) is 14.3 Å². The Labute approximate surface area is 112 Å². The summed E-state index contributed by atoms with van der Waals surface area (Å²) in [4.78, 5) is 24.5. The Balaban J connectivity index is 1.97. The number of hydrogen-bond donors (Lipinski definition) is 1. The van der Waals surface area contributed by atoms with Crippen molar-refractivity contribution in [3.8, 4) is 0 Å². The lowest BCUT2D eigenvalue weighted by atomic mass is 10.0. The highest BCUT2D eigenvalue weighted by molar-refractivity contribution is 5.92. The highest BCUT2D eigenvalue weighted by atomic mass is 16.4. The minimum atomic E-state index is -0.867. The molecule has 19 heavy (non-hydrogen) atoms. The van der Waals surface area contributed by atoms with Crippen molar-refractivity contribution in [2.24, 2.45) is 5.92 Å². The predicted molar refractivity (Wildman–Crippen MR) is 68.8 cm³/mol. The second-order valence-electron chi connectivity index (χ2n) is 5.11. The van der Waals surface area contributed by atoms with Gasteiger partial charge in [-0.25, -0.2) is 0 Å². The van der Waals surface area contributed by atoms with E-state index in [9.17, 15) is 9.59 Å². The standard InChI is InChI=1S/C13H19N3O3/c1-10-3-2-6-15(9-10)13(19)11-4-7-16(14-11)8-5-12(17)18/h4,7,10H,2-3,5-6,8-9H2,1H3,(H,17,18). The fourth-order valence-corrected chi connectivity index (χ4v) is 2.35. The van der Waals surface area contributed by atoms with E-state index in [-0.39, 0.29) is 12.3 Å². The van der Waals surface area contributed by atoms with Crippen molar-refractivity contribution in [3.05, 3.63) is 18.0 Å². The summed E-state index contributed by atoms with van der Waals surface area (Å²) in [6, 6.07) is 1.66. The van der Waals surface area contributed by atoms with Crippen molar-refractivity contribution in [3.63, 3.8) is 0 Å². The van der Waals surface area contributed by atoms with Gasteiger partial charge in [0.1, 0.15) is 5.69 Å². The molecule has 6 nitrogen and oxygen atoms in total. The smallest absolute Gasteiger partial charge is 0.305 e. The van der Waals surface area contributed by atoms with Crippen LogP contribution in [-0.2, 0) is 11.3 Å². The Morgan fingerprint density at radius 2 is 2.32 bits per heavy atom. The molecule has 1 fully saturated rings. The number of hydrogen-bond acceptors (Lipinski definition) is 3. The summed E-state index contributed by atoms with van der Waals surface area (Å²) in [5.74, 6) is -0.388. The van der Waals surface area contributed by atoms with Crippen LogP contribution >= 0.6 is 0 Å². The van der Waals surface area contributed by atoms with Crippen LogP contribution < -0.4 is 0 Å². The van der Waals surface area contributed by atoms with Gasteiger partial charge in [-0.1, -0.05) is 6.92 Å². The molecule has 1 saturated heterocycles. The van der Waals surface area contributed by atoms with Gasteiger partial charge in [0.15, 0.2) is 0 Å². The number of amides is 1. The van der Waals surface area contributed by atoms with Crippen molar-refractivity contribution >= 4 is 11.9 Å². The number of piperidine rings is 1. The zero-order valence-corrected chi connectivity index (χ0v) is 11.1. The summed E-state index contributed by atoms with van der Waals surface area (Å²) >= 11 is 0. The van der Waals surface area contributed by atoms with Gasteiger partial charge in [0.2, 0.25) is 0 Å². The van der Waals surface area contributed by atoms with Crippen molar-refractivity contribution in [1.29, 1.82) is 0 Å². The number of aliphatic carboxylic acids is 1. The van der Waals surface area contributed by atoms with Gasteiger partial charge in [-0.2, -0.15) is 5.10 Å². The Morgan fingerprint density at radius 1 is 1.53 bits per heavy atom. The average Bonchev–Trinajstić information content (AvgIpc) is 2.84. The van der Waals surface area contributed by atoms with E-state index in [4.69, 9.17) is 5.11 Å². The third kappa shape index (κ3) is 3.56. The van der Waals surface area contributed by atoms with E-state index in [0.29, 0.717) is 18.2 Å². The lowest BCUT2D eigenvalue weighted by Gasteiger charge is -2.30. The van der Waals surface area contributed by atoms with E-state index in [1.54, 1.807) is 12.3 Å². The summed E-state index contributed by atoms with van der Waals surface area (Å²) in [7, 11) is 0. The zero-order valence-electron chi connectivity index (χ0n) is 11.1. The normalized spacial score (nSPS) is 19.4. The van der Waals surface area contributed by atoms with Crippen molar-refractivity contribution in [1.82, 2.24) is 14.7 Å². The van der Waals surface area contributed by atoms with Gasteiger partial charge in [-0.15, -0.1) is 0 Å². The van der Waals surface area contributed by atoms with E-state index >= 15 is 0 Å². The third-order valence-corrected chi connectivity index (χ3v) is 3.36. The van der Waals surface area contributed by atoms with Crippen LogP contribution in [-0.4, -0.2) is 44.8 Å². The maximum atomic E-state index is 12.2. The molecule has 1 unspecified atom stereocenters. The molecule has 0 radical (unpaired) electrons. The van der Waals surface area contributed by atoms with Crippen molar-refractivity contribution < 1.29 is 14.7 Å². The van der Waals surface area contributed by atoms with Crippen LogP contribution in [0, 0.1) is 5.92 Å². The first-order valence-electron chi connectivity index (χ1n) is 6.61. The number of carbonyl (C=O) groups is 2. The minimum Gasteiger partial charge on any atom is -0.481 e. The Bertz CT molecular complexity index is 469. The van der Waals surface area contributed by atoms with Crippen LogP contribution in [0.5, 0.6) is 0 Å². The van der Waals surface area contributed by atoms with E-state index in [0.717, 1.165) is 25.9 Å². The highest BCUT2D eigenvalue weighted by Crippen LogP contribution is 2.17. The summed E-state index contributed by atoms with van der Waals surface area (Å²) < 4.78 is 1.51. The molecule has 0 aromatic carbocycles. The first-order chi connectivity index (χ1) is 9.06. The average molecular weight is 265 g/mol. The van der Waals surface area contributed by atoms with E-state index in [1.165, 1.54) is 4.68 Å². The molecule has 1 atom stereocenters. The number of carbonyl (C=O) groups excluding carboxylic acids is 1. The molecule has 0 spiro atoms. The Hall–Kier alpha value is -1.85. The highest BCUT2D eigenvalue weighted by Gasteiger charge is 2.23. The molecule has 1 amide bonds. The summed E-state index contributed by atoms with van der Waals surface area (Å²) in [5, 5.41) is 12.8. The van der Waals surface area contributed by atoms with Gasteiger partial charge in [0.25, 0.3) is 5.91 Å². The van der Waals surface area contributed by atoms with Crippen LogP contribution in [0.4, 0.5) is 0 Å². The first-order valence-corrected chi connectivity index (χ1v) is 6.61. The molecule has 1 N–H and O–H groups in total. The molecular formula is C13H19N3O3. The molecule has 2 heterocycles. The van der Waals surface area contributed by atoms with Crippen molar-refractivity contribution in [2.75, 3.05) is 13.1 Å². The lowest BCUT2D eigenvalue weighted by Crippen LogP contribution is -2.39. The summed E-state index contributed by atoms with van der Waals surface area (Å²) in [6.07, 6.45) is 3.86. The number of carboxylic acid groups (broad SMARTS) is 1. The number of likely N-dealkylation sites (tertiary alicyclic amines) is 1. The van der Waals surface area contributed by atoms with Crippen LogP contribution in [0.3, 0.4) is 0 Å². The van der Waals surface area contributed by atoms with E-state index in [1.807, 2.05) is 4.90 Å². The van der Waals surface area contributed by atoms with Crippen molar-refractivity contribution in [2.45, 2.75) is 32.7 Å². The fraction of sp³-hybridized carbons (Fsp3) is 0.615. The molecular weight excluding hydrogens is 246 g/mol. The molecule has 0 bridgehead atoms. The Morgan fingerprint density at radius 3 is 3.00 bits per heavy atom. The lowest BCUT2D eigenvalue weighted by molar-refractivity contribution is -0.137. The third-order valence-electron chi connectivity index (χ3n) is 3.36. The molecule has 1 aliphatic rings. The number of aromatic nitrogens is 2. The predicted octanol–water partition coefficient (Wildman–Crippen LogP) is 1.23. The molecule has 1 aromatic rings. The molecule has 2 rings (SSSR count). The number of nitrogens with zero attached hydrogens (tertiary/aromatic N) is 3. The molecule has 0 saturated carbocycles. The topological polar surface area (TPSA) is 75.4 Å². The fourth-order valence-electron chi connectivity index (χ4n) is 2.35. The van der Waals surface area contributed by atoms with Gasteiger partial charge in [-0.05, 0) is 24.8 Å². The largest absolute Gasteiger partial charge is 0.481 e. The SMILES string of the molecule is CC1CCCN(C(=O)c2ccn(CCC(=O)O)n2)C1. The van der Waals surface area contributed by atoms with Crippen LogP contribution in [0.2, 0.25) is 0 Å². The molecule has 104 valence electrons. The van der Waals surface area contributed by atoms with Gasteiger partial charge in [0.05, 0.1) is 13.0 Å². The molecule has 1 aliphatic heterocycles. The second-order valence-corrected chi connectivity index (χ2v) is 5.11. The number of rotatable bonds is 4. The van der Waals surface area contributed by atoms with Crippen LogP contribution in [0.1, 0.15) is 36.7 Å². The van der Waals surface area contributed by atoms with E-state index < -0.39 is 5.97 Å². The first kappa shape index (κ1) is 13.6. The number of carboxylic acids is 1. The zero-order chi connectivity index (χ0) is 13.8. The monoisotopic (exact) mass is 265 g/mol. The summed E-state index contributed by atoms with van der Waals surface area (Å²) in [5.41, 5.74) is 0.402. The molecule has 0 aliphatic carbocycles. The van der Waals surface area contributed by atoms with Gasteiger partial charge in [0, 0.05) is 19.3 Å². The van der Waals surface area contributed by atoms with Gasteiger partial charge >= 0.3 is 5.97 Å². The molecule has 6 heteroatoms. The summed E-state index contributed by atoms with van der Waals surface area (Å²) in [6.45, 7) is 4.00. The maximum Gasteiger partial charge on any atom is 0.305 e. The Kier molecular flexibility index (Phi) is 4.19. The minimum absolute atomic E-state index is 0.00998. The number of aryl methyl sites for hydroxylation is 1. The quantitative estimate of drug-likeness (QED) is 0.888. The van der Waals surface area contributed by atoms with Crippen LogP contribution in [0.15, 0.2) is 12.3 Å². The van der Waals surface area contributed by atoms with Crippen LogP contribution in [0.25, 0.3) is 0 Å².